The van der Waals surface area contributed by atoms with Crippen LogP contribution in [0.25, 0.3) is 0 Å². The molecule has 1 aromatic carbocycles. The Morgan fingerprint density at radius 3 is 2.53 bits per heavy atom. The van der Waals surface area contributed by atoms with Crippen molar-refractivity contribution in [2.75, 3.05) is 7.11 Å². The summed E-state index contributed by atoms with van der Waals surface area (Å²) >= 11 is 0. The fourth-order valence-electron chi connectivity index (χ4n) is 1.91. The van der Waals surface area contributed by atoms with E-state index in [0.29, 0.717) is 24.3 Å². The van der Waals surface area contributed by atoms with E-state index in [-0.39, 0.29) is 5.75 Å². The van der Waals surface area contributed by atoms with E-state index in [1.165, 1.54) is 0 Å². The molecule has 0 saturated carbocycles. The average molecular weight is 237 g/mol. The molecule has 3 heteroatoms. The SMILES string of the molecule is CCC(NCc1ccc(OC)cc1O)C(C)C. The first kappa shape index (κ1) is 13.8. The molecule has 0 aliphatic rings. The van der Waals surface area contributed by atoms with Crippen molar-refractivity contribution in [1.82, 2.24) is 5.32 Å². The molecule has 17 heavy (non-hydrogen) atoms. The van der Waals surface area contributed by atoms with E-state index in [9.17, 15) is 5.11 Å². The van der Waals surface area contributed by atoms with Gasteiger partial charge in [0.25, 0.3) is 0 Å². The van der Waals surface area contributed by atoms with Crippen molar-refractivity contribution in [2.45, 2.75) is 39.8 Å². The lowest BCUT2D eigenvalue weighted by Gasteiger charge is -2.21. The fourth-order valence-corrected chi connectivity index (χ4v) is 1.91. The third-order valence-electron chi connectivity index (χ3n) is 3.09. The van der Waals surface area contributed by atoms with Gasteiger partial charge in [-0.2, -0.15) is 0 Å². The van der Waals surface area contributed by atoms with Gasteiger partial charge in [-0.15, -0.1) is 0 Å². The van der Waals surface area contributed by atoms with Crippen molar-refractivity contribution in [2.24, 2.45) is 5.92 Å². The summed E-state index contributed by atoms with van der Waals surface area (Å²) in [5, 5.41) is 13.3. The predicted octanol–water partition coefficient (Wildman–Crippen LogP) is 2.93. The van der Waals surface area contributed by atoms with Crippen LogP contribution in [0.15, 0.2) is 18.2 Å². The van der Waals surface area contributed by atoms with E-state index < -0.39 is 0 Å². The van der Waals surface area contributed by atoms with Crippen LogP contribution in [0.2, 0.25) is 0 Å². The van der Waals surface area contributed by atoms with Crippen LogP contribution in [-0.4, -0.2) is 18.3 Å². The Kier molecular flexibility index (Phi) is 5.29. The summed E-state index contributed by atoms with van der Waals surface area (Å²) in [6.07, 6.45) is 1.09. The molecule has 0 fully saturated rings. The lowest BCUT2D eigenvalue weighted by molar-refractivity contribution is 0.380. The third kappa shape index (κ3) is 3.93. The zero-order chi connectivity index (χ0) is 12.8. The molecule has 1 aromatic rings. The molecule has 0 bridgehead atoms. The molecule has 3 nitrogen and oxygen atoms in total. The molecule has 2 N–H and O–H groups in total. The molecule has 0 radical (unpaired) electrons. The van der Waals surface area contributed by atoms with Crippen molar-refractivity contribution in [3.8, 4) is 11.5 Å². The fraction of sp³-hybridized carbons (Fsp3) is 0.571. The summed E-state index contributed by atoms with van der Waals surface area (Å²) in [5.41, 5.74) is 0.907. The van der Waals surface area contributed by atoms with E-state index in [1.807, 2.05) is 12.1 Å². The minimum Gasteiger partial charge on any atom is -0.507 e. The summed E-state index contributed by atoms with van der Waals surface area (Å²) in [4.78, 5) is 0. The Morgan fingerprint density at radius 1 is 1.35 bits per heavy atom. The lowest BCUT2D eigenvalue weighted by Crippen LogP contribution is -2.32. The number of nitrogens with one attached hydrogen (secondary N) is 1. The van der Waals surface area contributed by atoms with Crippen LogP contribution in [-0.2, 0) is 6.54 Å². The van der Waals surface area contributed by atoms with Crippen molar-refractivity contribution in [1.29, 1.82) is 0 Å². The molecule has 1 rings (SSSR count). The van der Waals surface area contributed by atoms with E-state index >= 15 is 0 Å². The van der Waals surface area contributed by atoms with Crippen LogP contribution >= 0.6 is 0 Å². The Morgan fingerprint density at radius 2 is 2.06 bits per heavy atom. The first-order valence-corrected chi connectivity index (χ1v) is 6.17. The standard InChI is InChI=1S/C14H23NO2/c1-5-13(10(2)3)15-9-11-6-7-12(17-4)8-14(11)16/h6-8,10,13,15-16H,5,9H2,1-4H3. The molecular weight excluding hydrogens is 214 g/mol. The molecule has 0 saturated heterocycles. The maximum absolute atomic E-state index is 9.83. The normalized spacial score (nSPS) is 12.8. The maximum atomic E-state index is 9.83. The molecule has 0 aliphatic carbocycles. The number of benzene rings is 1. The summed E-state index contributed by atoms with van der Waals surface area (Å²) in [7, 11) is 1.60. The van der Waals surface area contributed by atoms with Crippen molar-refractivity contribution in [3.05, 3.63) is 23.8 Å². The van der Waals surface area contributed by atoms with Gasteiger partial charge in [0.05, 0.1) is 7.11 Å². The van der Waals surface area contributed by atoms with Gasteiger partial charge >= 0.3 is 0 Å². The number of ether oxygens (including phenoxy) is 1. The third-order valence-corrected chi connectivity index (χ3v) is 3.09. The molecule has 1 atom stereocenters. The van der Waals surface area contributed by atoms with Gasteiger partial charge in [0, 0.05) is 24.2 Å². The molecule has 0 amide bonds. The lowest BCUT2D eigenvalue weighted by atomic mass is 10.0. The zero-order valence-corrected chi connectivity index (χ0v) is 11.2. The van der Waals surface area contributed by atoms with Gasteiger partial charge in [-0.25, -0.2) is 0 Å². The maximum Gasteiger partial charge on any atom is 0.123 e. The number of hydrogen-bond acceptors (Lipinski definition) is 3. The second kappa shape index (κ2) is 6.50. The number of rotatable bonds is 6. The van der Waals surface area contributed by atoms with Crippen LogP contribution < -0.4 is 10.1 Å². The van der Waals surface area contributed by atoms with E-state index in [4.69, 9.17) is 4.74 Å². The molecule has 96 valence electrons. The summed E-state index contributed by atoms with van der Waals surface area (Å²) < 4.78 is 5.05. The summed E-state index contributed by atoms with van der Waals surface area (Å²) in [6, 6.07) is 5.89. The van der Waals surface area contributed by atoms with E-state index in [2.05, 4.69) is 26.1 Å². The van der Waals surface area contributed by atoms with Crippen LogP contribution in [0.4, 0.5) is 0 Å². The second-order valence-corrected chi connectivity index (χ2v) is 4.63. The van der Waals surface area contributed by atoms with Crippen LogP contribution in [0, 0.1) is 5.92 Å². The van der Waals surface area contributed by atoms with Crippen LogP contribution in [0.1, 0.15) is 32.8 Å². The molecule has 0 aromatic heterocycles. The first-order valence-electron chi connectivity index (χ1n) is 6.17. The van der Waals surface area contributed by atoms with Crippen LogP contribution in [0.3, 0.4) is 0 Å². The van der Waals surface area contributed by atoms with E-state index in [1.54, 1.807) is 13.2 Å². The molecular formula is C14H23NO2. The number of aromatic hydroxyl groups is 1. The van der Waals surface area contributed by atoms with Gasteiger partial charge in [0.1, 0.15) is 11.5 Å². The number of phenolic OH excluding ortho intramolecular Hbond substituents is 1. The summed E-state index contributed by atoms with van der Waals surface area (Å²) in [6.45, 7) is 7.27. The molecule has 0 heterocycles. The zero-order valence-electron chi connectivity index (χ0n) is 11.2. The highest BCUT2D eigenvalue weighted by Gasteiger charge is 2.11. The smallest absolute Gasteiger partial charge is 0.123 e. The largest absolute Gasteiger partial charge is 0.507 e. The van der Waals surface area contributed by atoms with Crippen LogP contribution in [0.5, 0.6) is 11.5 Å². The number of methoxy groups -OCH3 is 1. The first-order chi connectivity index (χ1) is 8.08. The average Bonchev–Trinajstić information content (AvgIpc) is 2.31. The monoisotopic (exact) mass is 237 g/mol. The highest BCUT2D eigenvalue weighted by atomic mass is 16.5. The van der Waals surface area contributed by atoms with E-state index in [0.717, 1.165) is 12.0 Å². The Hall–Kier alpha value is -1.22. The highest BCUT2D eigenvalue weighted by Crippen LogP contribution is 2.23. The molecule has 1 unspecified atom stereocenters. The van der Waals surface area contributed by atoms with Gasteiger partial charge in [0.2, 0.25) is 0 Å². The van der Waals surface area contributed by atoms with Gasteiger partial charge in [0.15, 0.2) is 0 Å². The summed E-state index contributed by atoms with van der Waals surface area (Å²) in [5.74, 6) is 1.57. The van der Waals surface area contributed by atoms with Gasteiger partial charge in [-0.05, 0) is 18.4 Å². The highest BCUT2D eigenvalue weighted by molar-refractivity contribution is 5.39. The quantitative estimate of drug-likeness (QED) is 0.799. The predicted molar refractivity (Wildman–Crippen MR) is 70.4 cm³/mol. The Bertz CT molecular complexity index is 350. The Balaban J connectivity index is 2.63. The molecule has 0 aliphatic heterocycles. The van der Waals surface area contributed by atoms with Gasteiger partial charge in [-0.1, -0.05) is 26.8 Å². The minimum atomic E-state index is 0.287. The number of phenols is 1. The van der Waals surface area contributed by atoms with Gasteiger partial charge in [-0.3, -0.25) is 0 Å². The number of hydrogen-bond donors (Lipinski definition) is 2. The second-order valence-electron chi connectivity index (χ2n) is 4.63. The minimum absolute atomic E-state index is 0.287. The van der Waals surface area contributed by atoms with Gasteiger partial charge < -0.3 is 15.2 Å². The Labute approximate surface area is 104 Å². The van der Waals surface area contributed by atoms with Crippen molar-refractivity contribution >= 4 is 0 Å². The van der Waals surface area contributed by atoms with Crippen molar-refractivity contribution < 1.29 is 9.84 Å². The van der Waals surface area contributed by atoms with Crippen molar-refractivity contribution in [3.63, 3.8) is 0 Å². The topological polar surface area (TPSA) is 41.5 Å². The molecule has 0 spiro atoms.